The van der Waals surface area contributed by atoms with Crippen molar-refractivity contribution >= 4 is 27.6 Å². The van der Waals surface area contributed by atoms with Crippen LogP contribution >= 0.6 is 15.9 Å². The molecular formula is C17H18BrN3O4. The van der Waals surface area contributed by atoms with Crippen molar-refractivity contribution in [3.8, 4) is 23.0 Å². The Balaban J connectivity index is 1.69. The summed E-state index contributed by atoms with van der Waals surface area (Å²) < 4.78 is 16.7. The summed E-state index contributed by atoms with van der Waals surface area (Å²) in [7, 11) is 1.49. The van der Waals surface area contributed by atoms with E-state index >= 15 is 0 Å². The smallest absolute Gasteiger partial charge is 0.193 e. The van der Waals surface area contributed by atoms with Crippen LogP contribution in [-0.2, 0) is 6.54 Å². The van der Waals surface area contributed by atoms with Crippen LogP contribution in [0, 0.1) is 0 Å². The first kappa shape index (κ1) is 17.2. The number of phenolic OH excluding ortho intramolecular Hbond substituents is 1. The van der Waals surface area contributed by atoms with Gasteiger partial charge in [-0.05, 0) is 45.8 Å². The standard InChI is InChI=1S/C17H18BrN3O4/c1-23-15-7-10(6-12(18)16(15)22)9-20-17(19)21-11-2-3-13-14(8-11)25-5-4-24-13/h2-3,6-8,22H,4-5,9H2,1H3,(H3,19,20,21). The molecule has 0 bridgehead atoms. The highest BCUT2D eigenvalue weighted by Crippen LogP contribution is 2.35. The number of methoxy groups -OCH3 is 1. The molecule has 4 N–H and O–H groups in total. The average molecular weight is 408 g/mol. The van der Waals surface area contributed by atoms with Gasteiger partial charge in [0.2, 0.25) is 0 Å². The quantitative estimate of drug-likeness (QED) is 0.532. The molecule has 25 heavy (non-hydrogen) atoms. The van der Waals surface area contributed by atoms with Gasteiger partial charge in [-0.25, -0.2) is 4.99 Å². The third-order valence-electron chi connectivity index (χ3n) is 3.55. The Morgan fingerprint density at radius 2 is 2.04 bits per heavy atom. The van der Waals surface area contributed by atoms with Crippen molar-refractivity contribution in [3.05, 3.63) is 40.4 Å². The van der Waals surface area contributed by atoms with Gasteiger partial charge in [-0.1, -0.05) is 0 Å². The number of benzene rings is 2. The molecule has 0 fully saturated rings. The lowest BCUT2D eigenvalue weighted by Gasteiger charge is -2.19. The topological polar surface area (TPSA) is 98.3 Å². The Kier molecular flexibility index (Phi) is 5.18. The molecular weight excluding hydrogens is 390 g/mol. The van der Waals surface area contributed by atoms with E-state index in [1.165, 1.54) is 7.11 Å². The van der Waals surface area contributed by atoms with Gasteiger partial charge < -0.3 is 30.4 Å². The molecule has 8 heteroatoms. The Morgan fingerprint density at radius 1 is 1.28 bits per heavy atom. The second-order valence-electron chi connectivity index (χ2n) is 5.31. The summed E-state index contributed by atoms with van der Waals surface area (Å²) in [5.74, 6) is 2.08. The molecule has 132 valence electrons. The monoisotopic (exact) mass is 407 g/mol. The predicted molar refractivity (Wildman–Crippen MR) is 98.7 cm³/mol. The zero-order valence-corrected chi connectivity index (χ0v) is 15.2. The van der Waals surface area contributed by atoms with Gasteiger partial charge in [0.25, 0.3) is 0 Å². The van der Waals surface area contributed by atoms with Gasteiger partial charge in [0, 0.05) is 11.8 Å². The molecule has 1 aliphatic heterocycles. The van der Waals surface area contributed by atoms with E-state index in [1.807, 2.05) is 18.2 Å². The summed E-state index contributed by atoms with van der Waals surface area (Å²) in [5.41, 5.74) is 7.54. The van der Waals surface area contributed by atoms with E-state index in [-0.39, 0.29) is 11.7 Å². The van der Waals surface area contributed by atoms with Crippen LogP contribution in [0.1, 0.15) is 5.56 Å². The summed E-state index contributed by atoms with van der Waals surface area (Å²) in [6, 6.07) is 8.96. The van der Waals surface area contributed by atoms with Crippen LogP contribution in [0.15, 0.2) is 39.8 Å². The number of hydrogen-bond donors (Lipinski definition) is 3. The molecule has 2 aromatic carbocycles. The molecule has 0 saturated carbocycles. The zero-order chi connectivity index (χ0) is 17.8. The fourth-order valence-corrected chi connectivity index (χ4v) is 2.85. The van der Waals surface area contributed by atoms with Crippen molar-refractivity contribution in [1.82, 2.24) is 0 Å². The van der Waals surface area contributed by atoms with Gasteiger partial charge >= 0.3 is 0 Å². The molecule has 1 heterocycles. The fourth-order valence-electron chi connectivity index (χ4n) is 2.36. The summed E-state index contributed by atoms with van der Waals surface area (Å²) in [6.07, 6.45) is 0. The lowest BCUT2D eigenvalue weighted by molar-refractivity contribution is 0.171. The Bertz CT molecular complexity index is 811. The first-order chi connectivity index (χ1) is 12.1. The molecule has 0 saturated heterocycles. The molecule has 0 unspecified atom stereocenters. The molecule has 0 amide bonds. The highest BCUT2D eigenvalue weighted by molar-refractivity contribution is 9.10. The Morgan fingerprint density at radius 3 is 2.80 bits per heavy atom. The molecule has 2 aromatic rings. The molecule has 1 aliphatic rings. The average Bonchev–Trinajstić information content (AvgIpc) is 2.62. The third kappa shape index (κ3) is 4.08. The Labute approximate surface area is 153 Å². The molecule has 0 spiro atoms. The van der Waals surface area contributed by atoms with Crippen LogP contribution < -0.4 is 25.3 Å². The summed E-state index contributed by atoms with van der Waals surface area (Å²) in [6.45, 7) is 1.41. The van der Waals surface area contributed by atoms with Gasteiger partial charge in [-0.3, -0.25) is 0 Å². The number of anilines is 1. The minimum atomic E-state index is 0.0533. The van der Waals surface area contributed by atoms with Crippen molar-refractivity contribution in [1.29, 1.82) is 0 Å². The minimum Gasteiger partial charge on any atom is -0.503 e. The number of guanidine groups is 1. The van der Waals surface area contributed by atoms with Crippen molar-refractivity contribution < 1.29 is 19.3 Å². The van der Waals surface area contributed by atoms with E-state index in [4.69, 9.17) is 19.9 Å². The number of aliphatic imine (C=N–C) groups is 1. The lowest BCUT2D eigenvalue weighted by atomic mass is 10.2. The highest BCUT2D eigenvalue weighted by Gasteiger charge is 2.12. The number of fused-ring (bicyclic) bond motifs is 1. The van der Waals surface area contributed by atoms with Gasteiger partial charge in [0.05, 0.1) is 18.1 Å². The van der Waals surface area contributed by atoms with Crippen LogP contribution in [0.5, 0.6) is 23.0 Å². The van der Waals surface area contributed by atoms with Crippen LogP contribution in [-0.4, -0.2) is 31.4 Å². The van der Waals surface area contributed by atoms with Crippen molar-refractivity contribution in [3.63, 3.8) is 0 Å². The second kappa shape index (κ2) is 7.52. The zero-order valence-electron chi connectivity index (χ0n) is 13.6. The molecule has 3 rings (SSSR count). The van der Waals surface area contributed by atoms with Gasteiger partial charge in [0.15, 0.2) is 29.0 Å². The minimum absolute atomic E-state index is 0.0533. The van der Waals surface area contributed by atoms with Crippen molar-refractivity contribution in [2.24, 2.45) is 10.7 Å². The number of nitrogens with zero attached hydrogens (tertiary/aromatic N) is 1. The maximum absolute atomic E-state index is 9.82. The van der Waals surface area contributed by atoms with Crippen LogP contribution in [0.25, 0.3) is 0 Å². The van der Waals surface area contributed by atoms with E-state index < -0.39 is 0 Å². The van der Waals surface area contributed by atoms with E-state index in [2.05, 4.69) is 26.2 Å². The summed E-state index contributed by atoms with van der Waals surface area (Å²) >= 11 is 3.28. The predicted octanol–water partition coefficient (Wildman–Crippen LogP) is 2.86. The normalized spacial score (nSPS) is 13.4. The first-order valence-electron chi connectivity index (χ1n) is 7.59. The van der Waals surface area contributed by atoms with Crippen molar-refractivity contribution in [2.45, 2.75) is 6.54 Å². The molecule has 0 radical (unpaired) electrons. The maximum atomic E-state index is 9.82. The molecule has 0 aliphatic carbocycles. The number of hydrogen-bond acceptors (Lipinski definition) is 5. The first-order valence-corrected chi connectivity index (χ1v) is 8.38. The SMILES string of the molecule is COc1cc(CN=C(N)Nc2ccc3c(c2)OCCO3)cc(Br)c1O. The maximum Gasteiger partial charge on any atom is 0.193 e. The van der Waals surface area contributed by atoms with Crippen LogP contribution in [0.3, 0.4) is 0 Å². The van der Waals surface area contributed by atoms with Gasteiger partial charge in [0.1, 0.15) is 13.2 Å². The van der Waals surface area contributed by atoms with E-state index in [0.717, 1.165) is 11.3 Å². The number of ether oxygens (including phenoxy) is 3. The lowest BCUT2D eigenvalue weighted by Crippen LogP contribution is -2.23. The number of nitrogens with two attached hydrogens (primary N) is 1. The summed E-state index contributed by atoms with van der Waals surface area (Å²) in [4.78, 5) is 4.30. The number of halogens is 1. The van der Waals surface area contributed by atoms with Crippen LogP contribution in [0.2, 0.25) is 0 Å². The number of rotatable bonds is 4. The van der Waals surface area contributed by atoms with E-state index in [1.54, 1.807) is 12.1 Å². The molecule has 0 atom stereocenters. The highest BCUT2D eigenvalue weighted by atomic mass is 79.9. The van der Waals surface area contributed by atoms with Crippen molar-refractivity contribution in [2.75, 3.05) is 25.6 Å². The number of phenols is 1. The third-order valence-corrected chi connectivity index (χ3v) is 4.16. The molecule has 7 nitrogen and oxygen atoms in total. The van der Waals surface area contributed by atoms with Gasteiger partial charge in [-0.2, -0.15) is 0 Å². The van der Waals surface area contributed by atoms with Crippen LogP contribution in [0.4, 0.5) is 5.69 Å². The largest absolute Gasteiger partial charge is 0.503 e. The van der Waals surface area contributed by atoms with Gasteiger partial charge in [-0.15, -0.1) is 0 Å². The van der Waals surface area contributed by atoms with E-state index in [9.17, 15) is 5.11 Å². The Hall–Kier alpha value is -2.61. The number of nitrogens with one attached hydrogen (secondary N) is 1. The van der Waals surface area contributed by atoms with E-state index in [0.29, 0.717) is 41.5 Å². The molecule has 0 aromatic heterocycles. The summed E-state index contributed by atoms with van der Waals surface area (Å²) in [5, 5.41) is 12.8. The number of aromatic hydroxyl groups is 1. The second-order valence-corrected chi connectivity index (χ2v) is 6.17. The fraction of sp³-hybridized carbons (Fsp3) is 0.235.